The van der Waals surface area contributed by atoms with Crippen LogP contribution in [0.25, 0.3) is 0 Å². The maximum absolute atomic E-state index is 13.5. The first kappa shape index (κ1) is 23.6. The van der Waals surface area contributed by atoms with Gasteiger partial charge in [-0.25, -0.2) is 4.79 Å². The number of hydrogen-bond acceptors (Lipinski definition) is 6. The molecule has 6 heteroatoms. The lowest BCUT2D eigenvalue weighted by Gasteiger charge is -2.39. The van der Waals surface area contributed by atoms with Crippen LogP contribution < -0.4 is 14.8 Å². The summed E-state index contributed by atoms with van der Waals surface area (Å²) in [5.74, 6) is -0.0166. The summed E-state index contributed by atoms with van der Waals surface area (Å²) >= 11 is 0. The van der Waals surface area contributed by atoms with Crippen LogP contribution in [0.15, 0.2) is 71.1 Å². The van der Waals surface area contributed by atoms with Gasteiger partial charge in [0.05, 0.1) is 25.7 Å². The summed E-state index contributed by atoms with van der Waals surface area (Å²) in [7, 11) is 3.13. The highest BCUT2D eigenvalue weighted by atomic mass is 16.5. The number of methoxy groups -OCH3 is 2. The molecule has 1 aliphatic carbocycles. The average molecular weight is 462 g/mol. The maximum atomic E-state index is 13.5. The molecule has 1 atom stereocenters. The predicted octanol–water partition coefficient (Wildman–Crippen LogP) is 5.05. The van der Waals surface area contributed by atoms with E-state index in [4.69, 9.17) is 14.2 Å². The zero-order valence-corrected chi connectivity index (χ0v) is 20.4. The van der Waals surface area contributed by atoms with E-state index in [-0.39, 0.29) is 17.8 Å². The van der Waals surface area contributed by atoms with Crippen LogP contribution in [-0.4, -0.2) is 26.0 Å². The number of rotatable bonds is 6. The molecule has 1 N–H and O–H groups in total. The number of nitrogens with one attached hydrogen (secondary N) is 1. The molecule has 2 aromatic rings. The van der Waals surface area contributed by atoms with Crippen molar-refractivity contribution in [2.75, 3.05) is 14.2 Å². The van der Waals surface area contributed by atoms with Crippen LogP contribution in [0.2, 0.25) is 0 Å². The van der Waals surface area contributed by atoms with Gasteiger partial charge in [-0.3, -0.25) is 4.79 Å². The fourth-order valence-corrected chi connectivity index (χ4v) is 4.96. The second-order valence-electron chi connectivity index (χ2n) is 9.57. The fourth-order valence-electron chi connectivity index (χ4n) is 4.96. The third-order valence-corrected chi connectivity index (χ3v) is 6.42. The zero-order valence-electron chi connectivity index (χ0n) is 20.4. The Morgan fingerprint density at radius 2 is 1.76 bits per heavy atom. The molecule has 0 unspecified atom stereocenters. The normalized spacial score (nSPS) is 19.3. The number of allylic oxidation sites excluding steroid dienone is 3. The van der Waals surface area contributed by atoms with E-state index in [1.165, 1.54) is 0 Å². The first-order valence-corrected chi connectivity index (χ1v) is 11.4. The molecular weight excluding hydrogens is 430 g/mol. The lowest BCUT2D eigenvalue weighted by molar-refractivity contribution is -0.140. The minimum Gasteiger partial charge on any atom is -0.493 e. The smallest absolute Gasteiger partial charge is 0.337 e. The molecule has 0 amide bonds. The van der Waals surface area contributed by atoms with Crippen molar-refractivity contribution < 1.29 is 23.8 Å². The van der Waals surface area contributed by atoms with Crippen LogP contribution in [0.3, 0.4) is 0 Å². The number of hydrogen-bond donors (Lipinski definition) is 1. The molecule has 34 heavy (non-hydrogen) atoms. The van der Waals surface area contributed by atoms with Crippen LogP contribution in [0.1, 0.15) is 50.7 Å². The summed E-state index contributed by atoms with van der Waals surface area (Å²) < 4.78 is 17.0. The number of carbonyl (C=O) groups excluding carboxylic acids is 2. The van der Waals surface area contributed by atoms with Gasteiger partial charge in [0.15, 0.2) is 17.3 Å². The third-order valence-electron chi connectivity index (χ3n) is 6.42. The van der Waals surface area contributed by atoms with Crippen LogP contribution in [-0.2, 0) is 20.9 Å². The topological polar surface area (TPSA) is 73.9 Å². The van der Waals surface area contributed by atoms with Crippen molar-refractivity contribution in [2.45, 2.75) is 46.1 Å². The van der Waals surface area contributed by atoms with E-state index >= 15 is 0 Å². The van der Waals surface area contributed by atoms with Crippen molar-refractivity contribution in [1.29, 1.82) is 0 Å². The number of dihydropyridines is 1. The van der Waals surface area contributed by atoms with Gasteiger partial charge in [-0.2, -0.15) is 0 Å². The number of ether oxygens (including phenoxy) is 3. The molecule has 6 nitrogen and oxygen atoms in total. The zero-order chi connectivity index (χ0) is 24.5. The molecule has 4 rings (SSSR count). The summed E-state index contributed by atoms with van der Waals surface area (Å²) in [6.07, 6.45) is 1.11. The van der Waals surface area contributed by atoms with Gasteiger partial charge in [-0.1, -0.05) is 56.3 Å². The summed E-state index contributed by atoms with van der Waals surface area (Å²) in [6, 6.07) is 15.1. The monoisotopic (exact) mass is 461 g/mol. The van der Waals surface area contributed by atoms with Crippen molar-refractivity contribution in [3.63, 3.8) is 0 Å². The van der Waals surface area contributed by atoms with Crippen LogP contribution in [0.4, 0.5) is 0 Å². The van der Waals surface area contributed by atoms with Crippen molar-refractivity contribution >= 4 is 11.8 Å². The van der Waals surface area contributed by atoms with Crippen molar-refractivity contribution in [3.05, 3.63) is 82.2 Å². The molecule has 0 bridgehead atoms. The summed E-state index contributed by atoms with van der Waals surface area (Å²) in [4.78, 5) is 27.0. The van der Waals surface area contributed by atoms with E-state index < -0.39 is 11.9 Å². The predicted molar refractivity (Wildman–Crippen MR) is 129 cm³/mol. The molecule has 178 valence electrons. The van der Waals surface area contributed by atoms with Crippen LogP contribution >= 0.6 is 0 Å². The fraction of sp³-hybridized carbons (Fsp3) is 0.357. The van der Waals surface area contributed by atoms with Gasteiger partial charge in [-0.05, 0) is 30.4 Å². The standard InChI is InChI=1S/C28H31NO5/c1-17-23(27(31)34-16-18-10-7-6-8-11-18)24(19-12-9-13-22(32-4)26(19)33-5)25-20(29-17)14-28(2,3)15-21(25)30/h6-13,24,29H,14-16H2,1-5H3/t24-/m1/s1. The van der Waals surface area contributed by atoms with Gasteiger partial charge in [-0.15, -0.1) is 0 Å². The molecule has 0 spiro atoms. The Bertz CT molecular complexity index is 1180. The van der Waals surface area contributed by atoms with Crippen LogP contribution in [0, 0.1) is 5.41 Å². The molecular formula is C28H31NO5. The van der Waals surface area contributed by atoms with Gasteiger partial charge < -0.3 is 19.5 Å². The van der Waals surface area contributed by atoms with Gasteiger partial charge in [0.25, 0.3) is 0 Å². The van der Waals surface area contributed by atoms with Crippen molar-refractivity contribution in [2.24, 2.45) is 5.41 Å². The van der Waals surface area contributed by atoms with Crippen molar-refractivity contribution in [1.82, 2.24) is 5.32 Å². The molecule has 0 saturated carbocycles. The van der Waals surface area contributed by atoms with E-state index in [1.807, 2.05) is 49.4 Å². The number of carbonyl (C=O) groups is 2. The first-order chi connectivity index (χ1) is 16.3. The molecule has 1 heterocycles. The van der Waals surface area contributed by atoms with Gasteiger partial charge >= 0.3 is 5.97 Å². The quantitative estimate of drug-likeness (QED) is 0.607. The van der Waals surface area contributed by atoms with E-state index in [0.29, 0.717) is 46.7 Å². The van der Waals surface area contributed by atoms with E-state index in [2.05, 4.69) is 19.2 Å². The summed E-state index contributed by atoms with van der Waals surface area (Å²) in [5, 5.41) is 3.36. The lowest BCUT2D eigenvalue weighted by Crippen LogP contribution is -2.38. The highest BCUT2D eigenvalue weighted by molar-refractivity contribution is 6.04. The third kappa shape index (κ3) is 4.45. The maximum Gasteiger partial charge on any atom is 0.337 e. The van der Waals surface area contributed by atoms with Gasteiger partial charge in [0, 0.05) is 29.0 Å². The van der Waals surface area contributed by atoms with E-state index in [9.17, 15) is 9.59 Å². The van der Waals surface area contributed by atoms with Crippen molar-refractivity contribution in [3.8, 4) is 11.5 Å². The lowest BCUT2D eigenvalue weighted by atomic mass is 9.68. The number of para-hydroxylation sites is 1. The SMILES string of the molecule is COc1cccc([C@@H]2C(C(=O)OCc3ccccc3)=C(C)NC3=C2C(=O)CC(C)(C)C3)c1OC. The Balaban J connectivity index is 1.82. The molecule has 2 aliphatic rings. The summed E-state index contributed by atoms with van der Waals surface area (Å²) in [5.41, 5.74) is 3.97. The van der Waals surface area contributed by atoms with Gasteiger partial charge in [0.2, 0.25) is 0 Å². The average Bonchev–Trinajstić information content (AvgIpc) is 2.80. The minimum atomic E-state index is -0.617. The second kappa shape index (κ2) is 9.37. The first-order valence-electron chi connectivity index (χ1n) is 11.4. The second-order valence-corrected chi connectivity index (χ2v) is 9.57. The van der Waals surface area contributed by atoms with Gasteiger partial charge in [0.1, 0.15) is 6.61 Å². The largest absolute Gasteiger partial charge is 0.493 e. The number of ketones is 1. The molecule has 0 fully saturated rings. The molecule has 2 aromatic carbocycles. The molecule has 0 radical (unpaired) electrons. The Morgan fingerprint density at radius 1 is 1.03 bits per heavy atom. The Hall–Kier alpha value is -3.54. The summed E-state index contributed by atoms with van der Waals surface area (Å²) in [6.45, 7) is 6.17. The number of esters is 1. The Labute approximate surface area is 200 Å². The highest BCUT2D eigenvalue weighted by Gasteiger charge is 2.44. The van der Waals surface area contributed by atoms with Crippen LogP contribution in [0.5, 0.6) is 11.5 Å². The Morgan fingerprint density at radius 3 is 2.44 bits per heavy atom. The Kier molecular flexibility index (Phi) is 6.51. The number of Topliss-reactive ketones (excluding diaryl/α,β-unsaturated/α-hetero) is 1. The molecule has 0 aromatic heterocycles. The molecule has 1 aliphatic heterocycles. The van der Waals surface area contributed by atoms with E-state index in [0.717, 1.165) is 11.3 Å². The highest BCUT2D eigenvalue weighted by Crippen LogP contribution is 2.50. The molecule has 0 saturated heterocycles. The minimum absolute atomic E-state index is 0.0227. The number of benzene rings is 2. The van der Waals surface area contributed by atoms with E-state index in [1.54, 1.807) is 20.3 Å².